The molecule has 0 radical (unpaired) electrons. The number of fused-ring (bicyclic) bond motifs is 1. The second-order valence-electron chi connectivity index (χ2n) is 5.14. The van der Waals surface area contributed by atoms with E-state index in [2.05, 4.69) is 5.32 Å². The first kappa shape index (κ1) is 14.8. The highest BCUT2D eigenvalue weighted by atomic mass is 35.5. The number of nitrogens with one attached hydrogen (secondary N) is 1. The molecule has 2 aromatic carbocycles. The Hall–Kier alpha value is -2.11. The van der Waals surface area contributed by atoms with Crippen molar-refractivity contribution in [2.75, 3.05) is 6.61 Å². The van der Waals surface area contributed by atoms with E-state index in [0.717, 1.165) is 23.3 Å². The minimum Gasteiger partial charge on any atom is -0.493 e. The highest BCUT2D eigenvalue weighted by molar-refractivity contribution is 6.31. The molecular weight excluding hydrogens is 304 g/mol. The molecule has 22 heavy (non-hydrogen) atoms. The fraction of sp³-hybridized carbons (Fsp3) is 0.250. The van der Waals surface area contributed by atoms with E-state index in [9.17, 15) is 10.1 Å². The summed E-state index contributed by atoms with van der Waals surface area (Å²) in [5.74, 6) is 0.886. The van der Waals surface area contributed by atoms with Crippen LogP contribution in [0.2, 0.25) is 5.02 Å². The number of hydrogen-bond acceptors (Lipinski definition) is 4. The normalized spacial score (nSPS) is 16.7. The van der Waals surface area contributed by atoms with Gasteiger partial charge in [-0.25, -0.2) is 0 Å². The number of ether oxygens (including phenoxy) is 1. The van der Waals surface area contributed by atoms with Crippen molar-refractivity contribution in [2.24, 2.45) is 0 Å². The summed E-state index contributed by atoms with van der Waals surface area (Å²) in [6, 6.07) is 12.5. The molecule has 0 amide bonds. The Bertz CT molecular complexity index is 706. The Balaban J connectivity index is 1.76. The van der Waals surface area contributed by atoms with Crippen LogP contribution in [0.1, 0.15) is 23.6 Å². The van der Waals surface area contributed by atoms with Gasteiger partial charge in [0, 0.05) is 41.7 Å². The van der Waals surface area contributed by atoms with E-state index in [1.54, 1.807) is 6.07 Å². The van der Waals surface area contributed by atoms with Crippen LogP contribution in [0.3, 0.4) is 0 Å². The summed E-state index contributed by atoms with van der Waals surface area (Å²) < 4.78 is 5.62. The van der Waals surface area contributed by atoms with Crippen LogP contribution < -0.4 is 10.1 Å². The zero-order valence-electron chi connectivity index (χ0n) is 11.8. The molecule has 1 atom stereocenters. The summed E-state index contributed by atoms with van der Waals surface area (Å²) in [5.41, 5.74) is 1.88. The molecule has 0 saturated carbocycles. The molecule has 1 heterocycles. The van der Waals surface area contributed by atoms with E-state index in [1.165, 1.54) is 12.1 Å². The van der Waals surface area contributed by atoms with Crippen LogP contribution in [0, 0.1) is 10.1 Å². The number of rotatable bonds is 4. The van der Waals surface area contributed by atoms with Crippen molar-refractivity contribution in [1.29, 1.82) is 0 Å². The predicted octanol–water partition coefficient (Wildman–Crippen LogP) is 3.86. The third-order valence-electron chi connectivity index (χ3n) is 3.74. The van der Waals surface area contributed by atoms with Gasteiger partial charge < -0.3 is 10.1 Å². The number of non-ortho nitro benzene ring substituents is 1. The van der Waals surface area contributed by atoms with Crippen LogP contribution in [0.5, 0.6) is 5.75 Å². The van der Waals surface area contributed by atoms with Gasteiger partial charge in [-0.2, -0.15) is 0 Å². The number of hydrogen-bond donors (Lipinski definition) is 1. The van der Waals surface area contributed by atoms with Gasteiger partial charge in [0.25, 0.3) is 5.69 Å². The van der Waals surface area contributed by atoms with Crippen molar-refractivity contribution in [3.8, 4) is 5.75 Å². The van der Waals surface area contributed by atoms with Crippen LogP contribution >= 0.6 is 11.6 Å². The van der Waals surface area contributed by atoms with Crippen molar-refractivity contribution in [2.45, 2.75) is 19.0 Å². The molecule has 0 unspecified atom stereocenters. The standard InChI is InChI=1S/C16H15ClN2O3/c17-14-6-5-12(19(20)21)9-11(14)10-18-15-7-8-22-16-4-2-1-3-13(15)16/h1-6,9,15,18H,7-8,10H2/t15-/m0/s1. The second kappa shape index (κ2) is 6.34. The number of nitrogens with zero attached hydrogens (tertiary/aromatic N) is 1. The highest BCUT2D eigenvalue weighted by Gasteiger charge is 2.21. The lowest BCUT2D eigenvalue weighted by atomic mass is 10.0. The molecule has 0 fully saturated rings. The van der Waals surface area contributed by atoms with Crippen molar-refractivity contribution >= 4 is 17.3 Å². The first-order chi connectivity index (χ1) is 10.6. The lowest BCUT2D eigenvalue weighted by molar-refractivity contribution is -0.384. The molecule has 0 aromatic heterocycles. The maximum absolute atomic E-state index is 10.9. The van der Waals surface area contributed by atoms with Gasteiger partial charge in [-0.1, -0.05) is 29.8 Å². The number of para-hydroxylation sites is 1. The lowest BCUT2D eigenvalue weighted by Crippen LogP contribution is -2.26. The van der Waals surface area contributed by atoms with Crippen LogP contribution in [-0.2, 0) is 6.54 Å². The van der Waals surface area contributed by atoms with E-state index in [-0.39, 0.29) is 11.7 Å². The molecule has 0 saturated heterocycles. The minimum atomic E-state index is -0.413. The third-order valence-corrected chi connectivity index (χ3v) is 4.11. The summed E-state index contributed by atoms with van der Waals surface area (Å²) in [6.07, 6.45) is 0.851. The fourth-order valence-corrected chi connectivity index (χ4v) is 2.78. The SMILES string of the molecule is O=[N+]([O-])c1ccc(Cl)c(CN[C@H]2CCOc3ccccc32)c1. The van der Waals surface area contributed by atoms with E-state index in [1.807, 2.05) is 24.3 Å². The van der Waals surface area contributed by atoms with Gasteiger partial charge in [0.05, 0.1) is 11.5 Å². The topological polar surface area (TPSA) is 64.4 Å². The van der Waals surface area contributed by atoms with Crippen LogP contribution in [0.4, 0.5) is 5.69 Å². The Kier molecular flexibility index (Phi) is 4.27. The Morgan fingerprint density at radius 3 is 2.95 bits per heavy atom. The molecule has 3 rings (SSSR count). The molecular formula is C16H15ClN2O3. The first-order valence-corrected chi connectivity index (χ1v) is 7.41. The average Bonchev–Trinajstić information content (AvgIpc) is 2.54. The van der Waals surface area contributed by atoms with Crippen LogP contribution in [-0.4, -0.2) is 11.5 Å². The molecule has 2 aromatic rings. The molecule has 1 aliphatic heterocycles. The Morgan fingerprint density at radius 2 is 2.14 bits per heavy atom. The van der Waals surface area contributed by atoms with E-state index >= 15 is 0 Å². The van der Waals surface area contributed by atoms with Crippen molar-refractivity contribution in [3.05, 3.63) is 68.7 Å². The molecule has 1 aliphatic rings. The van der Waals surface area contributed by atoms with Gasteiger partial charge in [0.15, 0.2) is 0 Å². The monoisotopic (exact) mass is 318 g/mol. The smallest absolute Gasteiger partial charge is 0.269 e. The molecule has 1 N–H and O–H groups in total. The lowest BCUT2D eigenvalue weighted by Gasteiger charge is -2.26. The molecule has 0 spiro atoms. The number of nitro benzene ring substituents is 1. The van der Waals surface area contributed by atoms with E-state index < -0.39 is 4.92 Å². The van der Waals surface area contributed by atoms with Crippen LogP contribution in [0.15, 0.2) is 42.5 Å². The second-order valence-corrected chi connectivity index (χ2v) is 5.55. The maximum Gasteiger partial charge on any atom is 0.269 e. The number of halogens is 1. The quantitative estimate of drug-likeness (QED) is 0.686. The van der Waals surface area contributed by atoms with Gasteiger partial charge in [-0.05, 0) is 17.7 Å². The molecule has 0 aliphatic carbocycles. The molecule has 5 nitrogen and oxygen atoms in total. The van der Waals surface area contributed by atoms with Crippen molar-refractivity contribution in [1.82, 2.24) is 5.32 Å². The minimum absolute atomic E-state index is 0.0496. The molecule has 0 bridgehead atoms. The van der Waals surface area contributed by atoms with Crippen molar-refractivity contribution in [3.63, 3.8) is 0 Å². The van der Waals surface area contributed by atoms with Gasteiger partial charge in [0.2, 0.25) is 0 Å². The van der Waals surface area contributed by atoms with E-state index in [4.69, 9.17) is 16.3 Å². The van der Waals surface area contributed by atoms with Crippen LogP contribution in [0.25, 0.3) is 0 Å². The summed E-state index contributed by atoms with van der Waals surface area (Å²) >= 11 is 6.13. The Labute approximate surface area is 133 Å². The fourth-order valence-electron chi connectivity index (χ4n) is 2.60. The third kappa shape index (κ3) is 3.05. The first-order valence-electron chi connectivity index (χ1n) is 7.03. The zero-order valence-corrected chi connectivity index (χ0v) is 12.5. The number of nitro groups is 1. The van der Waals surface area contributed by atoms with Gasteiger partial charge >= 0.3 is 0 Å². The summed E-state index contributed by atoms with van der Waals surface area (Å²) in [7, 11) is 0. The maximum atomic E-state index is 10.9. The predicted molar refractivity (Wildman–Crippen MR) is 84.2 cm³/mol. The largest absolute Gasteiger partial charge is 0.493 e. The summed E-state index contributed by atoms with van der Waals surface area (Å²) in [6.45, 7) is 1.12. The van der Waals surface area contributed by atoms with Gasteiger partial charge in [-0.15, -0.1) is 0 Å². The zero-order chi connectivity index (χ0) is 15.5. The van der Waals surface area contributed by atoms with Crippen molar-refractivity contribution < 1.29 is 9.66 Å². The van der Waals surface area contributed by atoms with E-state index in [0.29, 0.717) is 18.2 Å². The highest BCUT2D eigenvalue weighted by Crippen LogP contribution is 2.32. The van der Waals surface area contributed by atoms with Gasteiger partial charge in [-0.3, -0.25) is 10.1 Å². The summed E-state index contributed by atoms with van der Waals surface area (Å²) in [5, 5.41) is 14.8. The molecule has 6 heteroatoms. The van der Waals surface area contributed by atoms with Gasteiger partial charge in [0.1, 0.15) is 5.75 Å². The Morgan fingerprint density at radius 1 is 1.32 bits per heavy atom. The number of benzene rings is 2. The average molecular weight is 319 g/mol. The summed E-state index contributed by atoms with van der Waals surface area (Å²) in [4.78, 5) is 10.4. The molecule has 114 valence electrons.